The molecule has 0 atom stereocenters. The van der Waals surface area contributed by atoms with Gasteiger partial charge in [0.1, 0.15) is 0 Å². The van der Waals surface area contributed by atoms with Gasteiger partial charge in [0.05, 0.1) is 10.5 Å². The maximum absolute atomic E-state index is 10.6. The van der Waals surface area contributed by atoms with E-state index in [0.29, 0.717) is 17.0 Å². The molecule has 0 radical (unpaired) electrons. The van der Waals surface area contributed by atoms with E-state index >= 15 is 0 Å². The van der Waals surface area contributed by atoms with Gasteiger partial charge >= 0.3 is 6.01 Å². The van der Waals surface area contributed by atoms with Crippen LogP contribution in [0.4, 0.5) is 11.7 Å². The number of pyridine rings is 1. The van der Waals surface area contributed by atoms with E-state index in [9.17, 15) is 10.1 Å². The molecule has 0 saturated heterocycles. The van der Waals surface area contributed by atoms with Crippen LogP contribution in [0.25, 0.3) is 11.5 Å². The van der Waals surface area contributed by atoms with Gasteiger partial charge in [-0.25, -0.2) is 4.99 Å². The predicted octanol–water partition coefficient (Wildman–Crippen LogP) is 2.79. The van der Waals surface area contributed by atoms with Crippen LogP contribution in [0.15, 0.2) is 58.2 Å². The molecule has 0 fully saturated rings. The smallest absolute Gasteiger partial charge is 0.342 e. The molecule has 0 spiro atoms. The van der Waals surface area contributed by atoms with Gasteiger partial charge in [0.2, 0.25) is 0 Å². The Balaban J connectivity index is 1.76. The zero-order valence-corrected chi connectivity index (χ0v) is 11.2. The lowest BCUT2D eigenvalue weighted by atomic mass is 10.2. The van der Waals surface area contributed by atoms with Crippen LogP contribution >= 0.6 is 0 Å². The van der Waals surface area contributed by atoms with E-state index in [4.69, 9.17) is 4.42 Å². The molecule has 0 amide bonds. The molecule has 0 bridgehead atoms. The fourth-order valence-corrected chi connectivity index (χ4v) is 1.69. The van der Waals surface area contributed by atoms with Crippen molar-refractivity contribution in [3.63, 3.8) is 0 Å². The van der Waals surface area contributed by atoms with E-state index < -0.39 is 4.92 Å². The Morgan fingerprint density at radius 2 is 2.00 bits per heavy atom. The highest BCUT2D eigenvalue weighted by Crippen LogP contribution is 2.20. The number of rotatable bonds is 4. The molecule has 8 nitrogen and oxygen atoms in total. The maximum Gasteiger partial charge on any atom is 0.342 e. The predicted molar refractivity (Wildman–Crippen MR) is 77.9 cm³/mol. The fourth-order valence-electron chi connectivity index (χ4n) is 1.69. The molecule has 2 heterocycles. The fraction of sp³-hybridized carbons (Fsp3) is 0. The Morgan fingerprint density at radius 1 is 1.18 bits per heavy atom. The summed E-state index contributed by atoms with van der Waals surface area (Å²) >= 11 is 0. The lowest BCUT2D eigenvalue weighted by Crippen LogP contribution is -1.88. The molecule has 0 unspecified atom stereocenters. The molecule has 1 aromatic carbocycles. The highest BCUT2D eigenvalue weighted by atomic mass is 16.6. The van der Waals surface area contributed by atoms with E-state index in [0.717, 1.165) is 0 Å². The monoisotopic (exact) mass is 295 g/mol. The first-order chi connectivity index (χ1) is 10.7. The Kier molecular flexibility index (Phi) is 3.65. The molecular weight excluding hydrogens is 286 g/mol. The molecule has 0 aliphatic heterocycles. The first kappa shape index (κ1) is 13.6. The number of hydrogen-bond acceptors (Lipinski definition) is 7. The molecule has 3 rings (SSSR count). The summed E-state index contributed by atoms with van der Waals surface area (Å²) in [5.74, 6) is 0.323. The van der Waals surface area contributed by atoms with Crippen molar-refractivity contribution in [3.05, 3.63) is 64.5 Å². The second-order valence-electron chi connectivity index (χ2n) is 4.24. The summed E-state index contributed by atoms with van der Waals surface area (Å²) in [5.41, 5.74) is 1.41. The molecule has 22 heavy (non-hydrogen) atoms. The normalized spacial score (nSPS) is 10.9. The van der Waals surface area contributed by atoms with E-state index in [1.807, 2.05) is 0 Å². The lowest BCUT2D eigenvalue weighted by molar-refractivity contribution is -0.384. The second kappa shape index (κ2) is 5.92. The summed E-state index contributed by atoms with van der Waals surface area (Å²) in [6.07, 6.45) is 4.75. The van der Waals surface area contributed by atoms with Gasteiger partial charge in [-0.1, -0.05) is 5.10 Å². The Labute approximate surface area is 124 Å². The molecule has 2 aromatic heterocycles. The topological polar surface area (TPSA) is 107 Å². The molecule has 3 aromatic rings. The van der Waals surface area contributed by atoms with Crippen molar-refractivity contribution >= 4 is 17.9 Å². The molecule has 0 aliphatic carbocycles. The molecule has 0 N–H and O–H groups in total. The van der Waals surface area contributed by atoms with Gasteiger partial charge in [-0.05, 0) is 29.8 Å². The van der Waals surface area contributed by atoms with Crippen LogP contribution in [-0.2, 0) is 0 Å². The number of nitro groups is 1. The van der Waals surface area contributed by atoms with Gasteiger partial charge in [-0.3, -0.25) is 15.1 Å². The number of benzene rings is 1. The van der Waals surface area contributed by atoms with E-state index in [1.165, 1.54) is 18.3 Å². The van der Waals surface area contributed by atoms with Crippen LogP contribution in [0.3, 0.4) is 0 Å². The van der Waals surface area contributed by atoms with Gasteiger partial charge in [-0.2, -0.15) is 0 Å². The van der Waals surface area contributed by atoms with Crippen molar-refractivity contribution in [1.82, 2.24) is 15.2 Å². The summed E-state index contributed by atoms with van der Waals surface area (Å²) < 4.78 is 5.39. The third-order valence-corrected chi connectivity index (χ3v) is 2.75. The number of aliphatic imine (C=N–C) groups is 1. The quantitative estimate of drug-likeness (QED) is 0.416. The SMILES string of the molecule is O=[N+]([O-])c1ccc(/C=N/c2nnc(-c3cccnc3)o2)cc1. The van der Waals surface area contributed by atoms with E-state index in [-0.39, 0.29) is 11.7 Å². The Bertz CT molecular complexity index is 812. The van der Waals surface area contributed by atoms with Crippen molar-refractivity contribution in [2.45, 2.75) is 0 Å². The van der Waals surface area contributed by atoms with Crippen LogP contribution in [0.1, 0.15) is 5.56 Å². The van der Waals surface area contributed by atoms with Crippen molar-refractivity contribution in [3.8, 4) is 11.5 Å². The summed E-state index contributed by atoms with van der Waals surface area (Å²) in [4.78, 5) is 18.1. The number of nitro benzene ring substituents is 1. The minimum Gasteiger partial charge on any atom is -0.402 e. The average molecular weight is 295 g/mol. The molecular formula is C14H9N5O3. The van der Waals surface area contributed by atoms with Gasteiger partial charge in [0.15, 0.2) is 0 Å². The van der Waals surface area contributed by atoms with E-state index in [1.54, 1.807) is 36.7 Å². The number of nitrogens with zero attached hydrogens (tertiary/aromatic N) is 5. The van der Waals surface area contributed by atoms with E-state index in [2.05, 4.69) is 20.2 Å². The molecule has 8 heteroatoms. The zero-order chi connectivity index (χ0) is 15.4. The minimum atomic E-state index is -0.459. The van der Waals surface area contributed by atoms with Gasteiger partial charge in [0, 0.05) is 30.7 Å². The van der Waals surface area contributed by atoms with Crippen LogP contribution in [0.2, 0.25) is 0 Å². The average Bonchev–Trinajstić information content (AvgIpc) is 3.03. The summed E-state index contributed by atoms with van der Waals surface area (Å²) in [6.45, 7) is 0. The Morgan fingerprint density at radius 3 is 2.68 bits per heavy atom. The standard InChI is InChI=1S/C14H9N5O3/c20-19(21)12-5-3-10(4-6-12)8-16-14-18-17-13(22-14)11-2-1-7-15-9-11/h1-9H/b16-8+. The first-order valence-electron chi connectivity index (χ1n) is 6.25. The lowest BCUT2D eigenvalue weighted by Gasteiger charge is -1.92. The second-order valence-corrected chi connectivity index (χ2v) is 4.24. The summed E-state index contributed by atoms with van der Waals surface area (Å²) in [7, 11) is 0. The van der Waals surface area contributed by atoms with Gasteiger partial charge < -0.3 is 4.42 Å². The third-order valence-electron chi connectivity index (χ3n) is 2.75. The minimum absolute atomic E-state index is 0.0220. The number of aromatic nitrogens is 3. The summed E-state index contributed by atoms with van der Waals surface area (Å²) in [6, 6.07) is 9.62. The highest BCUT2D eigenvalue weighted by Gasteiger charge is 2.07. The largest absolute Gasteiger partial charge is 0.402 e. The molecule has 108 valence electrons. The zero-order valence-electron chi connectivity index (χ0n) is 11.2. The van der Waals surface area contributed by atoms with Gasteiger partial charge in [0.25, 0.3) is 11.6 Å². The van der Waals surface area contributed by atoms with Gasteiger partial charge in [-0.15, -0.1) is 5.10 Å². The third kappa shape index (κ3) is 3.01. The number of non-ortho nitro benzene ring substituents is 1. The highest BCUT2D eigenvalue weighted by molar-refractivity contribution is 5.81. The van der Waals surface area contributed by atoms with Crippen molar-refractivity contribution < 1.29 is 9.34 Å². The first-order valence-corrected chi connectivity index (χ1v) is 6.25. The van der Waals surface area contributed by atoms with Crippen LogP contribution in [0, 0.1) is 10.1 Å². The van der Waals surface area contributed by atoms with Crippen LogP contribution < -0.4 is 0 Å². The van der Waals surface area contributed by atoms with Crippen molar-refractivity contribution in [1.29, 1.82) is 0 Å². The van der Waals surface area contributed by atoms with Crippen LogP contribution in [-0.4, -0.2) is 26.3 Å². The molecule has 0 aliphatic rings. The maximum atomic E-state index is 10.6. The molecule has 0 saturated carbocycles. The van der Waals surface area contributed by atoms with Crippen LogP contribution in [0.5, 0.6) is 0 Å². The summed E-state index contributed by atoms with van der Waals surface area (Å²) in [5, 5.41) is 18.2. The number of hydrogen-bond donors (Lipinski definition) is 0. The Hall–Kier alpha value is -3.42. The van der Waals surface area contributed by atoms with Crippen molar-refractivity contribution in [2.75, 3.05) is 0 Å². The van der Waals surface area contributed by atoms with Crippen molar-refractivity contribution in [2.24, 2.45) is 4.99 Å².